The van der Waals surface area contributed by atoms with Crippen LogP contribution in [0.4, 0.5) is 9.39 Å². The van der Waals surface area contributed by atoms with Crippen LogP contribution in [0.3, 0.4) is 0 Å². The number of benzene rings is 2. The number of nitrogens with one attached hydrogen (secondary N) is 1. The smallest absolute Gasteiger partial charge is 0.341 e. The van der Waals surface area contributed by atoms with Gasteiger partial charge in [0, 0.05) is 16.5 Å². The van der Waals surface area contributed by atoms with Crippen LogP contribution in [0.25, 0.3) is 11.1 Å². The minimum Gasteiger partial charge on any atom is -0.465 e. The van der Waals surface area contributed by atoms with Gasteiger partial charge in [-0.15, -0.1) is 11.3 Å². The summed E-state index contributed by atoms with van der Waals surface area (Å²) in [7, 11) is 1.28. The molecule has 0 aliphatic heterocycles. The van der Waals surface area contributed by atoms with Crippen molar-refractivity contribution in [2.24, 2.45) is 0 Å². The Bertz CT molecular complexity index is 946. The normalized spacial score (nSPS) is 10.4. The van der Waals surface area contributed by atoms with E-state index in [1.807, 2.05) is 19.1 Å². The average molecular weight is 369 g/mol. The number of rotatable bonds is 4. The molecule has 2 aromatic carbocycles. The molecule has 26 heavy (non-hydrogen) atoms. The van der Waals surface area contributed by atoms with Crippen molar-refractivity contribution in [2.45, 2.75) is 6.92 Å². The first kappa shape index (κ1) is 17.8. The summed E-state index contributed by atoms with van der Waals surface area (Å²) in [5, 5.41) is 4.90. The van der Waals surface area contributed by atoms with Crippen LogP contribution in [-0.4, -0.2) is 19.0 Å². The topological polar surface area (TPSA) is 55.4 Å². The number of thiophene rings is 1. The third kappa shape index (κ3) is 3.65. The standard InChI is InChI=1S/C20H16FNO3S/c1-12-3-5-14(6-4-12)18(23)22-19-17(20(24)25-2)16(11-26-19)13-7-9-15(21)10-8-13/h3-11H,1-2H3,(H,22,23). The molecule has 1 aromatic heterocycles. The second-order valence-corrected chi connectivity index (χ2v) is 6.55. The zero-order valence-electron chi connectivity index (χ0n) is 14.2. The van der Waals surface area contributed by atoms with Crippen LogP contribution in [-0.2, 0) is 4.74 Å². The second-order valence-electron chi connectivity index (χ2n) is 5.67. The van der Waals surface area contributed by atoms with Crippen molar-refractivity contribution >= 4 is 28.2 Å². The molecule has 4 nitrogen and oxygen atoms in total. The molecule has 0 aliphatic carbocycles. The molecule has 1 heterocycles. The van der Waals surface area contributed by atoms with Crippen LogP contribution in [0.2, 0.25) is 0 Å². The van der Waals surface area contributed by atoms with Crippen molar-refractivity contribution in [3.05, 3.63) is 76.4 Å². The number of hydrogen-bond acceptors (Lipinski definition) is 4. The first-order chi connectivity index (χ1) is 12.5. The highest BCUT2D eigenvalue weighted by molar-refractivity contribution is 7.15. The third-order valence-corrected chi connectivity index (χ3v) is 4.77. The zero-order valence-corrected chi connectivity index (χ0v) is 15.0. The van der Waals surface area contributed by atoms with Crippen molar-refractivity contribution in [1.29, 1.82) is 0 Å². The van der Waals surface area contributed by atoms with E-state index in [-0.39, 0.29) is 17.3 Å². The molecule has 0 bridgehead atoms. The molecule has 0 saturated heterocycles. The Morgan fingerprint density at radius 2 is 1.69 bits per heavy atom. The fraction of sp³-hybridized carbons (Fsp3) is 0.100. The minimum atomic E-state index is -0.565. The predicted octanol–water partition coefficient (Wildman–Crippen LogP) is 4.90. The van der Waals surface area contributed by atoms with E-state index in [0.717, 1.165) is 5.56 Å². The van der Waals surface area contributed by atoms with E-state index in [9.17, 15) is 14.0 Å². The van der Waals surface area contributed by atoms with Gasteiger partial charge in [-0.1, -0.05) is 29.8 Å². The van der Waals surface area contributed by atoms with Crippen LogP contribution < -0.4 is 5.32 Å². The minimum absolute atomic E-state index is 0.254. The van der Waals surface area contributed by atoms with Crippen molar-refractivity contribution < 1.29 is 18.7 Å². The summed E-state index contributed by atoms with van der Waals surface area (Å²) in [4.78, 5) is 24.8. The molecule has 0 unspecified atom stereocenters. The maximum Gasteiger partial charge on any atom is 0.341 e. The van der Waals surface area contributed by atoms with E-state index in [1.165, 1.54) is 30.6 Å². The van der Waals surface area contributed by atoms with Crippen LogP contribution >= 0.6 is 11.3 Å². The highest BCUT2D eigenvalue weighted by Crippen LogP contribution is 2.36. The van der Waals surface area contributed by atoms with E-state index in [2.05, 4.69) is 5.32 Å². The SMILES string of the molecule is COC(=O)c1c(-c2ccc(F)cc2)csc1NC(=O)c1ccc(C)cc1. The Hall–Kier alpha value is -2.99. The summed E-state index contributed by atoms with van der Waals surface area (Å²) >= 11 is 1.22. The molecule has 0 aliphatic rings. The second kappa shape index (κ2) is 7.49. The third-order valence-electron chi connectivity index (χ3n) is 3.88. The Kier molecular flexibility index (Phi) is 5.14. The van der Waals surface area contributed by atoms with Crippen molar-refractivity contribution in [3.8, 4) is 11.1 Å². The van der Waals surface area contributed by atoms with Gasteiger partial charge in [0.15, 0.2) is 0 Å². The highest BCUT2D eigenvalue weighted by atomic mass is 32.1. The van der Waals surface area contributed by atoms with Gasteiger partial charge in [0.05, 0.1) is 7.11 Å². The van der Waals surface area contributed by atoms with Gasteiger partial charge in [-0.05, 0) is 36.8 Å². The van der Waals surface area contributed by atoms with Crippen LogP contribution in [0.1, 0.15) is 26.3 Å². The van der Waals surface area contributed by atoms with E-state index in [0.29, 0.717) is 21.7 Å². The molecule has 1 amide bonds. The lowest BCUT2D eigenvalue weighted by Crippen LogP contribution is -2.14. The number of carbonyl (C=O) groups is 2. The summed E-state index contributed by atoms with van der Waals surface area (Å²) in [5.74, 6) is -1.25. The highest BCUT2D eigenvalue weighted by Gasteiger charge is 2.22. The largest absolute Gasteiger partial charge is 0.465 e. The summed E-state index contributed by atoms with van der Waals surface area (Å²) < 4.78 is 18.0. The number of ether oxygens (including phenoxy) is 1. The number of aryl methyl sites for hydroxylation is 1. The summed E-state index contributed by atoms with van der Waals surface area (Å²) in [6, 6.07) is 12.9. The number of hydrogen-bond donors (Lipinski definition) is 1. The van der Waals surface area contributed by atoms with Gasteiger partial charge >= 0.3 is 5.97 Å². The average Bonchev–Trinajstić information content (AvgIpc) is 3.05. The van der Waals surface area contributed by atoms with Gasteiger partial charge in [-0.25, -0.2) is 9.18 Å². The predicted molar refractivity (Wildman–Crippen MR) is 100 cm³/mol. The number of halogens is 1. The van der Waals surface area contributed by atoms with Crippen molar-refractivity contribution in [1.82, 2.24) is 0 Å². The zero-order chi connectivity index (χ0) is 18.7. The van der Waals surface area contributed by atoms with Gasteiger partial charge in [0.25, 0.3) is 5.91 Å². The van der Waals surface area contributed by atoms with E-state index in [4.69, 9.17) is 4.74 Å². The molecule has 1 N–H and O–H groups in total. The van der Waals surface area contributed by atoms with Crippen molar-refractivity contribution in [3.63, 3.8) is 0 Å². The van der Waals surface area contributed by atoms with E-state index < -0.39 is 5.97 Å². The first-order valence-corrected chi connectivity index (χ1v) is 8.71. The lowest BCUT2D eigenvalue weighted by atomic mass is 10.0. The summed E-state index contributed by atoms with van der Waals surface area (Å²) in [5.41, 5.74) is 3.04. The maximum atomic E-state index is 13.2. The number of methoxy groups -OCH3 is 1. The molecular formula is C20H16FNO3S. The molecule has 3 rings (SSSR count). The maximum absolute atomic E-state index is 13.2. The molecule has 0 saturated carbocycles. The van der Waals surface area contributed by atoms with Crippen LogP contribution in [0.15, 0.2) is 53.9 Å². The molecule has 0 fully saturated rings. The monoisotopic (exact) mass is 369 g/mol. The lowest BCUT2D eigenvalue weighted by molar-refractivity contribution is 0.0603. The fourth-order valence-electron chi connectivity index (χ4n) is 2.48. The lowest BCUT2D eigenvalue weighted by Gasteiger charge is -2.08. The van der Waals surface area contributed by atoms with Gasteiger partial charge < -0.3 is 10.1 Å². The van der Waals surface area contributed by atoms with Crippen LogP contribution in [0.5, 0.6) is 0 Å². The Morgan fingerprint density at radius 3 is 2.31 bits per heavy atom. The molecule has 0 radical (unpaired) electrons. The Morgan fingerprint density at radius 1 is 1.04 bits per heavy atom. The van der Waals surface area contributed by atoms with E-state index in [1.54, 1.807) is 29.6 Å². The first-order valence-electron chi connectivity index (χ1n) is 7.83. The Labute approximate surface area is 154 Å². The van der Waals surface area contributed by atoms with E-state index >= 15 is 0 Å². The van der Waals surface area contributed by atoms with Gasteiger partial charge in [0.1, 0.15) is 16.4 Å². The number of amides is 1. The molecule has 6 heteroatoms. The van der Waals surface area contributed by atoms with Crippen LogP contribution in [0, 0.1) is 12.7 Å². The van der Waals surface area contributed by atoms with Gasteiger partial charge in [-0.2, -0.15) is 0 Å². The van der Waals surface area contributed by atoms with Crippen molar-refractivity contribution in [2.75, 3.05) is 12.4 Å². The number of esters is 1. The molecule has 3 aromatic rings. The summed E-state index contributed by atoms with van der Waals surface area (Å²) in [6.07, 6.45) is 0. The Balaban J connectivity index is 1.96. The number of carbonyl (C=O) groups excluding carboxylic acids is 2. The molecule has 0 spiro atoms. The molecule has 132 valence electrons. The summed E-state index contributed by atoms with van der Waals surface area (Å²) in [6.45, 7) is 1.94. The fourth-order valence-corrected chi connectivity index (χ4v) is 3.43. The quantitative estimate of drug-likeness (QED) is 0.666. The number of anilines is 1. The molecule has 0 atom stereocenters. The van der Waals surface area contributed by atoms with Gasteiger partial charge in [-0.3, -0.25) is 4.79 Å². The molecular weight excluding hydrogens is 353 g/mol. The van der Waals surface area contributed by atoms with Gasteiger partial charge in [0.2, 0.25) is 0 Å².